The highest BCUT2D eigenvalue weighted by molar-refractivity contribution is 6.51. The van der Waals surface area contributed by atoms with Crippen LogP contribution in [0.5, 0.6) is 0 Å². The van der Waals surface area contributed by atoms with Gasteiger partial charge in [-0.05, 0) is 12.1 Å². The molecule has 0 atom stereocenters. The van der Waals surface area contributed by atoms with Crippen molar-refractivity contribution in [3.8, 4) is 0 Å². The molecule has 0 aliphatic carbocycles. The molecule has 0 fully saturated rings. The van der Waals surface area contributed by atoms with E-state index in [1.165, 1.54) is 0 Å². The zero-order valence-corrected chi connectivity index (χ0v) is 5.57. The number of nitrogens with one attached hydrogen (secondary N) is 1. The molecular weight excluding hydrogens is 142 g/mol. The largest absolute Gasteiger partial charge is 0.318 e. The third-order valence-electron chi connectivity index (χ3n) is 1.56. The predicted octanol–water partition coefficient (Wildman–Crippen LogP) is 0.821. The summed E-state index contributed by atoms with van der Waals surface area (Å²) in [5.41, 5.74) is 0.685. The summed E-state index contributed by atoms with van der Waals surface area (Å²) in [6, 6.07) is 6.48. The maximum Gasteiger partial charge on any atom is 0.296 e. The number of amides is 1. The van der Waals surface area contributed by atoms with E-state index in [0.29, 0.717) is 16.6 Å². The highest BCUT2D eigenvalue weighted by atomic mass is 16.2. The molecule has 1 heterocycles. The number of para-hydroxylation sites is 1. The van der Waals surface area contributed by atoms with Crippen LogP contribution in [0.15, 0.2) is 24.3 Å². The van der Waals surface area contributed by atoms with Crippen molar-refractivity contribution in [3.05, 3.63) is 29.8 Å². The quantitative estimate of drug-likeness (QED) is 0.553. The van der Waals surface area contributed by atoms with Crippen molar-refractivity contribution >= 4 is 17.4 Å². The van der Waals surface area contributed by atoms with Crippen LogP contribution >= 0.6 is 0 Å². The van der Waals surface area contributed by atoms with E-state index in [2.05, 4.69) is 0 Å². The van der Waals surface area contributed by atoms with Gasteiger partial charge in [-0.1, -0.05) is 12.1 Å². The number of Topliss-reactive ketones (excluding diaryl/α,β-unsaturated/α-hetero) is 1. The molecule has 2 rings (SSSR count). The number of hydrogen-bond donors (Lipinski definition) is 1. The molecule has 1 aliphatic rings. The van der Waals surface area contributed by atoms with Crippen molar-refractivity contribution in [1.82, 2.24) is 0 Å². The highest BCUT2D eigenvalue weighted by Gasteiger charge is 2.26. The van der Waals surface area contributed by atoms with Crippen molar-refractivity contribution in [1.29, 1.82) is 0 Å². The zero-order chi connectivity index (χ0) is 8.72. The minimum Gasteiger partial charge on any atom is -0.318 e. The van der Waals surface area contributed by atoms with Gasteiger partial charge >= 0.3 is 0 Å². The van der Waals surface area contributed by atoms with Crippen LogP contribution in [-0.4, -0.2) is 11.7 Å². The molecule has 0 aromatic heterocycles. The number of benzene rings is 1. The van der Waals surface area contributed by atoms with Gasteiger partial charge in [0.05, 0.1) is 11.3 Å². The van der Waals surface area contributed by atoms with Crippen LogP contribution in [-0.2, 0) is 4.79 Å². The molecule has 1 N–H and O–H groups in total. The van der Waals surface area contributed by atoms with Crippen LogP contribution in [0, 0.1) is 0 Å². The van der Waals surface area contributed by atoms with Crippen LogP contribution in [0.25, 0.3) is 0 Å². The van der Waals surface area contributed by atoms with E-state index in [1.807, 2.05) is 0 Å². The maximum atomic E-state index is 11.1. The van der Waals surface area contributed by atoms with Gasteiger partial charge in [-0.15, -0.1) is 0 Å². The molecule has 0 saturated heterocycles. The van der Waals surface area contributed by atoms with Crippen molar-refractivity contribution in [3.63, 3.8) is 0 Å². The molecule has 1 aromatic carbocycles. The number of rotatable bonds is 0. The second-order valence-electron chi connectivity index (χ2n) is 2.26. The van der Waals surface area contributed by atoms with Crippen molar-refractivity contribution in [2.24, 2.45) is 0 Å². The van der Waals surface area contributed by atoms with E-state index in [1.54, 1.807) is 24.3 Å². The third kappa shape index (κ3) is 0.741. The molecule has 3 nitrogen and oxygen atoms in total. The number of ketones is 1. The minimum absolute atomic E-state index is 0.317. The van der Waals surface area contributed by atoms with Crippen LogP contribution in [0.4, 0.5) is 5.69 Å². The van der Waals surface area contributed by atoms with Crippen LogP contribution in [0.2, 0.25) is 1.41 Å². The van der Waals surface area contributed by atoms with Crippen LogP contribution < -0.4 is 5.31 Å². The van der Waals surface area contributed by atoms with E-state index in [4.69, 9.17) is 1.41 Å². The predicted molar refractivity (Wildman–Crippen MR) is 39.4 cm³/mol. The van der Waals surface area contributed by atoms with Crippen molar-refractivity contribution in [2.75, 3.05) is 5.31 Å². The first kappa shape index (κ1) is 5.07. The smallest absolute Gasteiger partial charge is 0.296 e. The molecule has 11 heavy (non-hydrogen) atoms. The number of hydrogen-bond acceptors (Lipinski definition) is 2. The number of anilines is 1. The fourth-order valence-corrected chi connectivity index (χ4v) is 1.04. The molecule has 54 valence electrons. The zero-order valence-electron chi connectivity index (χ0n) is 6.57. The van der Waals surface area contributed by atoms with Gasteiger partial charge in [-0.25, -0.2) is 0 Å². The van der Waals surface area contributed by atoms with E-state index in [9.17, 15) is 9.59 Å². The van der Waals surface area contributed by atoms with Crippen molar-refractivity contribution < 1.29 is 11.0 Å². The van der Waals surface area contributed by atoms with Gasteiger partial charge in [0.25, 0.3) is 11.7 Å². The fraction of sp³-hybridized carbons (Fsp3) is 0. The summed E-state index contributed by atoms with van der Waals surface area (Å²) in [5.74, 6) is -1.38. The lowest BCUT2D eigenvalue weighted by Gasteiger charge is -1.91. The molecule has 0 saturated carbocycles. The standard InChI is InChI=1S/C8H5NO2/c10-7-5-3-1-2-4-6(5)9-8(7)11/h1-4H,(H,9,10,11)/i/hD. The topological polar surface area (TPSA) is 46.2 Å². The van der Waals surface area contributed by atoms with E-state index >= 15 is 0 Å². The Morgan fingerprint density at radius 1 is 1.27 bits per heavy atom. The summed E-state index contributed by atoms with van der Waals surface area (Å²) in [4.78, 5) is 22.0. The molecular formula is C8H5NO2. The lowest BCUT2D eigenvalue weighted by Crippen LogP contribution is -2.12. The molecule has 0 unspecified atom stereocenters. The summed E-state index contributed by atoms with van der Waals surface area (Å²) in [6.07, 6.45) is 0. The summed E-state index contributed by atoms with van der Waals surface area (Å²) >= 11 is 0. The van der Waals surface area contributed by atoms with E-state index in [-0.39, 0.29) is 0 Å². The second-order valence-corrected chi connectivity index (χ2v) is 2.26. The number of carbonyl (C=O) groups is 2. The average molecular weight is 148 g/mol. The Morgan fingerprint density at radius 2 is 2.00 bits per heavy atom. The Balaban J connectivity index is 2.67. The first-order chi connectivity index (χ1) is 5.72. The molecule has 1 amide bonds. The number of fused-ring (bicyclic) bond motifs is 1. The normalized spacial score (nSPS) is 16.7. The third-order valence-corrected chi connectivity index (χ3v) is 1.56. The van der Waals surface area contributed by atoms with Gasteiger partial charge in [-0.3, -0.25) is 9.59 Å². The Bertz CT molecular complexity index is 375. The van der Waals surface area contributed by atoms with E-state index in [0.717, 1.165) is 0 Å². The van der Waals surface area contributed by atoms with Gasteiger partial charge < -0.3 is 5.31 Å². The molecule has 3 heteroatoms. The fourth-order valence-electron chi connectivity index (χ4n) is 1.04. The van der Waals surface area contributed by atoms with Gasteiger partial charge in [0, 0.05) is 0 Å². The molecule has 1 aromatic rings. The summed E-state index contributed by atoms with van der Waals surface area (Å²) in [7, 11) is 0. The van der Waals surface area contributed by atoms with Crippen LogP contribution in [0.3, 0.4) is 0 Å². The lowest BCUT2D eigenvalue weighted by atomic mass is 10.1. The minimum atomic E-state index is -0.781. The summed E-state index contributed by atoms with van der Waals surface area (Å²) < 4.78 is 7.21. The Hall–Kier alpha value is -1.64. The first-order valence-electron chi connectivity index (χ1n) is 3.63. The Morgan fingerprint density at radius 3 is 2.73 bits per heavy atom. The molecule has 0 radical (unpaired) electrons. The first-order valence-corrected chi connectivity index (χ1v) is 3.18. The second kappa shape index (κ2) is 1.92. The highest BCUT2D eigenvalue weighted by Crippen LogP contribution is 2.21. The summed E-state index contributed by atoms with van der Waals surface area (Å²) in [5, 5.41) is 0.623. The maximum absolute atomic E-state index is 11.1. The average Bonchev–Trinajstić information content (AvgIpc) is 2.33. The Kier molecular flexibility index (Phi) is 0.885. The number of carbonyl (C=O) groups excluding carboxylic acids is 2. The molecule has 0 bridgehead atoms. The van der Waals surface area contributed by atoms with Gasteiger partial charge in [0.2, 0.25) is 0 Å². The van der Waals surface area contributed by atoms with Gasteiger partial charge in [0.15, 0.2) is 1.41 Å². The lowest BCUT2D eigenvalue weighted by molar-refractivity contribution is -0.112. The summed E-state index contributed by atoms with van der Waals surface area (Å²) in [6.45, 7) is 0. The van der Waals surface area contributed by atoms with Gasteiger partial charge in [-0.2, -0.15) is 0 Å². The van der Waals surface area contributed by atoms with Gasteiger partial charge in [0.1, 0.15) is 0 Å². The monoisotopic (exact) mass is 148 g/mol. The van der Waals surface area contributed by atoms with Crippen molar-refractivity contribution in [2.45, 2.75) is 0 Å². The van der Waals surface area contributed by atoms with E-state index < -0.39 is 11.7 Å². The molecule has 0 spiro atoms. The SMILES string of the molecule is [2H]N1C(=O)C(=O)c2ccccc21. The molecule has 1 aliphatic heterocycles. The van der Waals surface area contributed by atoms with Crippen LogP contribution in [0.1, 0.15) is 10.4 Å². The Labute approximate surface area is 64.5 Å².